The number of H-pyrrole nitrogens is 1. The molecule has 1 amide bonds. The van der Waals surface area contributed by atoms with E-state index in [0.29, 0.717) is 6.07 Å². The van der Waals surface area contributed by atoms with Gasteiger partial charge in [0.25, 0.3) is 5.91 Å². The molecule has 3 N–H and O–H groups in total. The van der Waals surface area contributed by atoms with Crippen LogP contribution in [-0.4, -0.2) is 21.2 Å². The third-order valence-corrected chi connectivity index (χ3v) is 2.27. The Bertz CT molecular complexity index is 607. The molecule has 100 valence electrons. The average molecular weight is 271 g/mol. The normalized spacial score (nSPS) is 11.3. The maximum absolute atomic E-state index is 12.3. The first-order valence-electron chi connectivity index (χ1n) is 5.10. The Kier molecular flexibility index (Phi) is 3.16. The van der Waals surface area contributed by atoms with Crippen molar-refractivity contribution in [1.29, 1.82) is 0 Å². The molecule has 0 aliphatic rings. The second-order valence-corrected chi connectivity index (χ2v) is 3.64. The molecule has 19 heavy (non-hydrogen) atoms. The number of aromatic amines is 1. The number of hydrogen-bond acceptors (Lipinski definition) is 3. The molecule has 1 aromatic carbocycles. The molecule has 5 nitrogen and oxygen atoms in total. The summed E-state index contributed by atoms with van der Waals surface area (Å²) in [5.41, 5.74) is -1.45. The molecule has 0 aliphatic carbocycles. The second kappa shape index (κ2) is 4.63. The number of aromatic hydroxyl groups is 1. The number of rotatable bonds is 2. The molecule has 0 spiro atoms. The minimum absolute atomic E-state index is 0.0871. The van der Waals surface area contributed by atoms with E-state index in [-0.39, 0.29) is 11.4 Å². The number of amides is 1. The highest BCUT2D eigenvalue weighted by molar-refractivity contribution is 6.03. The average Bonchev–Trinajstić information content (AvgIpc) is 2.81. The van der Waals surface area contributed by atoms with E-state index < -0.39 is 23.5 Å². The summed E-state index contributed by atoms with van der Waals surface area (Å²) in [7, 11) is 0. The van der Waals surface area contributed by atoms with Crippen LogP contribution in [0.25, 0.3) is 0 Å². The quantitative estimate of drug-likeness (QED) is 0.734. The Morgan fingerprint density at radius 3 is 2.58 bits per heavy atom. The molecule has 0 aliphatic heterocycles. The zero-order chi connectivity index (χ0) is 14.0. The maximum atomic E-state index is 12.3. The summed E-state index contributed by atoms with van der Waals surface area (Å²) in [5.74, 6) is -1.05. The number of para-hydroxylation sites is 2. The number of aromatic nitrogens is 2. The zero-order valence-electron chi connectivity index (χ0n) is 9.32. The van der Waals surface area contributed by atoms with E-state index in [1.54, 1.807) is 17.2 Å². The summed E-state index contributed by atoms with van der Waals surface area (Å²) >= 11 is 0. The smallest absolute Gasteiger partial charge is 0.432 e. The SMILES string of the molecule is O=C(Nc1ccccc1O)c1cc(C(F)(F)F)[nH]n1. The number of anilines is 1. The van der Waals surface area contributed by atoms with Crippen molar-refractivity contribution in [2.45, 2.75) is 6.18 Å². The van der Waals surface area contributed by atoms with E-state index in [2.05, 4.69) is 10.4 Å². The molecule has 0 fully saturated rings. The molecule has 0 bridgehead atoms. The molecule has 0 radical (unpaired) electrons. The summed E-state index contributed by atoms with van der Waals surface area (Å²) in [6.45, 7) is 0. The molecule has 0 atom stereocenters. The van der Waals surface area contributed by atoms with E-state index in [4.69, 9.17) is 0 Å². The van der Waals surface area contributed by atoms with Gasteiger partial charge in [0.1, 0.15) is 11.4 Å². The number of carbonyl (C=O) groups is 1. The molecule has 2 rings (SSSR count). The van der Waals surface area contributed by atoms with Crippen LogP contribution in [0.1, 0.15) is 16.2 Å². The first-order valence-corrected chi connectivity index (χ1v) is 5.10. The van der Waals surface area contributed by atoms with E-state index in [0.717, 1.165) is 0 Å². The van der Waals surface area contributed by atoms with Crippen molar-refractivity contribution < 1.29 is 23.1 Å². The second-order valence-electron chi connectivity index (χ2n) is 3.64. The number of alkyl halides is 3. The Hall–Kier alpha value is -2.51. The van der Waals surface area contributed by atoms with E-state index >= 15 is 0 Å². The summed E-state index contributed by atoms with van der Waals surface area (Å²) < 4.78 is 36.9. The molecular formula is C11H8F3N3O2. The van der Waals surface area contributed by atoms with Crippen molar-refractivity contribution in [2.75, 3.05) is 5.32 Å². The lowest BCUT2D eigenvalue weighted by molar-refractivity contribution is -0.141. The van der Waals surface area contributed by atoms with Gasteiger partial charge in [0, 0.05) is 6.07 Å². The van der Waals surface area contributed by atoms with E-state index in [1.165, 1.54) is 12.1 Å². The number of carbonyl (C=O) groups excluding carboxylic acids is 1. The molecule has 0 unspecified atom stereocenters. The number of benzene rings is 1. The van der Waals surface area contributed by atoms with Gasteiger partial charge in [-0.2, -0.15) is 18.3 Å². The number of halogens is 3. The highest BCUT2D eigenvalue weighted by Crippen LogP contribution is 2.28. The lowest BCUT2D eigenvalue weighted by Gasteiger charge is -2.04. The fraction of sp³-hybridized carbons (Fsp3) is 0.0909. The third kappa shape index (κ3) is 2.84. The maximum Gasteiger partial charge on any atom is 0.432 e. The predicted octanol–water partition coefficient (Wildman–Crippen LogP) is 2.39. The monoisotopic (exact) mass is 271 g/mol. The highest BCUT2D eigenvalue weighted by Gasteiger charge is 2.33. The van der Waals surface area contributed by atoms with Crippen molar-refractivity contribution >= 4 is 11.6 Å². The van der Waals surface area contributed by atoms with Gasteiger partial charge in [-0.25, -0.2) is 0 Å². The summed E-state index contributed by atoms with van der Waals surface area (Å²) in [6.07, 6.45) is -4.60. The molecule has 8 heteroatoms. The van der Waals surface area contributed by atoms with Crippen LogP contribution in [0, 0.1) is 0 Å². The van der Waals surface area contributed by atoms with Gasteiger partial charge < -0.3 is 10.4 Å². The summed E-state index contributed by atoms with van der Waals surface area (Å²) in [4.78, 5) is 11.6. The predicted molar refractivity (Wildman–Crippen MR) is 59.6 cm³/mol. The number of nitrogens with zero attached hydrogens (tertiary/aromatic N) is 1. The van der Waals surface area contributed by atoms with Gasteiger partial charge >= 0.3 is 6.18 Å². The first kappa shape index (κ1) is 12.9. The minimum atomic E-state index is -4.60. The lowest BCUT2D eigenvalue weighted by Crippen LogP contribution is -2.12. The number of phenols is 1. The third-order valence-electron chi connectivity index (χ3n) is 2.27. The van der Waals surface area contributed by atoms with Gasteiger partial charge in [-0.05, 0) is 12.1 Å². The number of nitrogens with one attached hydrogen (secondary N) is 2. The molecule has 0 saturated heterocycles. The van der Waals surface area contributed by atoms with Gasteiger partial charge in [0.2, 0.25) is 0 Å². The molecule has 1 aromatic heterocycles. The number of hydrogen-bond donors (Lipinski definition) is 3. The molecular weight excluding hydrogens is 263 g/mol. The highest BCUT2D eigenvalue weighted by atomic mass is 19.4. The van der Waals surface area contributed by atoms with Crippen molar-refractivity contribution in [3.05, 3.63) is 41.7 Å². The standard InChI is InChI=1S/C11H8F3N3O2/c12-11(13,14)9-5-7(16-17-9)10(19)15-6-3-1-2-4-8(6)18/h1-5,18H,(H,15,19)(H,16,17). The van der Waals surface area contributed by atoms with Crippen molar-refractivity contribution in [3.63, 3.8) is 0 Å². The topological polar surface area (TPSA) is 78.0 Å². The molecule has 1 heterocycles. The largest absolute Gasteiger partial charge is 0.506 e. The van der Waals surface area contributed by atoms with E-state index in [9.17, 15) is 23.1 Å². The Balaban J connectivity index is 2.17. The Labute approximate surface area is 105 Å². The van der Waals surface area contributed by atoms with Crippen LogP contribution in [0.3, 0.4) is 0 Å². The Morgan fingerprint density at radius 1 is 1.32 bits per heavy atom. The van der Waals surface area contributed by atoms with Gasteiger partial charge in [0.15, 0.2) is 5.69 Å². The van der Waals surface area contributed by atoms with Crippen LogP contribution in [0.15, 0.2) is 30.3 Å². The lowest BCUT2D eigenvalue weighted by atomic mass is 10.2. The van der Waals surface area contributed by atoms with Gasteiger partial charge in [-0.1, -0.05) is 12.1 Å². The molecule has 0 saturated carbocycles. The van der Waals surface area contributed by atoms with Crippen molar-refractivity contribution in [3.8, 4) is 5.75 Å². The van der Waals surface area contributed by atoms with Crippen LogP contribution in [0.2, 0.25) is 0 Å². The summed E-state index contributed by atoms with van der Waals surface area (Å²) in [6, 6.07) is 6.43. The number of phenolic OH excluding ortho intramolecular Hbond substituents is 1. The van der Waals surface area contributed by atoms with Crippen LogP contribution in [0.5, 0.6) is 5.75 Å². The van der Waals surface area contributed by atoms with Crippen molar-refractivity contribution in [1.82, 2.24) is 10.2 Å². The first-order chi connectivity index (χ1) is 8.88. The molecule has 2 aromatic rings. The van der Waals surface area contributed by atoms with Gasteiger partial charge in [0.05, 0.1) is 5.69 Å². The van der Waals surface area contributed by atoms with Gasteiger partial charge in [-0.15, -0.1) is 0 Å². The van der Waals surface area contributed by atoms with Crippen LogP contribution in [0.4, 0.5) is 18.9 Å². The zero-order valence-corrected chi connectivity index (χ0v) is 9.32. The van der Waals surface area contributed by atoms with E-state index in [1.807, 2.05) is 0 Å². The fourth-order valence-corrected chi connectivity index (χ4v) is 1.35. The van der Waals surface area contributed by atoms with Crippen LogP contribution in [-0.2, 0) is 6.18 Å². The van der Waals surface area contributed by atoms with Crippen molar-refractivity contribution in [2.24, 2.45) is 0 Å². The van der Waals surface area contributed by atoms with Crippen LogP contribution >= 0.6 is 0 Å². The Morgan fingerprint density at radius 2 is 2.00 bits per heavy atom. The summed E-state index contributed by atoms with van der Waals surface area (Å²) in [5, 5.41) is 16.7. The van der Waals surface area contributed by atoms with Crippen LogP contribution < -0.4 is 5.32 Å². The fourth-order valence-electron chi connectivity index (χ4n) is 1.35. The van der Waals surface area contributed by atoms with Gasteiger partial charge in [-0.3, -0.25) is 9.89 Å². The minimum Gasteiger partial charge on any atom is -0.506 e.